The van der Waals surface area contributed by atoms with E-state index in [9.17, 15) is 4.79 Å². The summed E-state index contributed by atoms with van der Waals surface area (Å²) >= 11 is 0. The monoisotopic (exact) mass is 552 g/mol. The van der Waals surface area contributed by atoms with E-state index in [0.29, 0.717) is 32.0 Å². The minimum Gasteiger partial charge on any atom is -0.491 e. The van der Waals surface area contributed by atoms with Crippen LogP contribution in [0.3, 0.4) is 0 Å². The number of carbonyl (C=O) groups is 1. The van der Waals surface area contributed by atoms with Crippen LogP contribution in [0, 0.1) is 5.92 Å². The van der Waals surface area contributed by atoms with Crippen molar-refractivity contribution in [3.05, 3.63) is 46.9 Å². The molecule has 4 heterocycles. The second-order valence-corrected chi connectivity index (χ2v) is 11.8. The van der Waals surface area contributed by atoms with Crippen LogP contribution in [0.25, 0.3) is 0 Å². The number of nitrogens with zero attached hydrogens (tertiary/aromatic N) is 3. The van der Waals surface area contributed by atoms with Crippen LogP contribution in [-0.2, 0) is 22.4 Å². The van der Waals surface area contributed by atoms with Crippen molar-refractivity contribution in [2.24, 2.45) is 5.92 Å². The number of unbranched alkanes of at least 4 members (excludes halogenated alkanes) is 1. The number of aryl methyl sites for hydroxylation is 1. The molecule has 7 nitrogen and oxygen atoms in total. The SMILES string of the molecule is CCOC(=O)C(c1cccnc1C1CC1)N1CC[C@@H](C(F)CCCCc2cc(OC(C)C)c3c(n2)NCCC3)C1. The Morgan fingerprint density at radius 2 is 2.10 bits per heavy atom. The number of ether oxygens (including phenoxy) is 2. The van der Waals surface area contributed by atoms with E-state index in [1.165, 1.54) is 5.56 Å². The number of rotatable bonds is 13. The van der Waals surface area contributed by atoms with Gasteiger partial charge in [-0.2, -0.15) is 0 Å². The molecule has 1 saturated carbocycles. The average Bonchev–Trinajstić information content (AvgIpc) is 3.68. The first-order valence-corrected chi connectivity index (χ1v) is 15.4. The largest absolute Gasteiger partial charge is 0.491 e. The summed E-state index contributed by atoms with van der Waals surface area (Å²) < 4.78 is 27.1. The Morgan fingerprint density at radius 1 is 1.25 bits per heavy atom. The maximum Gasteiger partial charge on any atom is 0.328 e. The molecule has 2 unspecified atom stereocenters. The number of hydrogen-bond acceptors (Lipinski definition) is 7. The van der Waals surface area contributed by atoms with Crippen molar-refractivity contribution in [2.45, 2.75) is 103 Å². The number of fused-ring (bicyclic) bond motifs is 1. The molecule has 8 heteroatoms. The molecular formula is C32H45FN4O3. The molecule has 2 fully saturated rings. The van der Waals surface area contributed by atoms with Crippen LogP contribution in [0.5, 0.6) is 5.75 Å². The van der Waals surface area contributed by atoms with Gasteiger partial charge in [0.1, 0.15) is 23.8 Å². The zero-order valence-corrected chi connectivity index (χ0v) is 24.3. The van der Waals surface area contributed by atoms with Crippen molar-refractivity contribution in [1.29, 1.82) is 0 Å². The van der Waals surface area contributed by atoms with Crippen molar-refractivity contribution >= 4 is 11.8 Å². The first-order valence-electron chi connectivity index (χ1n) is 15.4. The minimum atomic E-state index is -0.886. The van der Waals surface area contributed by atoms with E-state index >= 15 is 4.39 Å². The maximum absolute atomic E-state index is 15.5. The Kier molecular flexibility index (Phi) is 9.56. The zero-order valence-electron chi connectivity index (χ0n) is 24.3. The number of anilines is 1. The van der Waals surface area contributed by atoms with E-state index in [-0.39, 0.29) is 18.0 Å². The Labute approximate surface area is 238 Å². The van der Waals surface area contributed by atoms with Gasteiger partial charge in [-0.25, -0.2) is 14.2 Å². The number of pyridine rings is 2. The molecule has 1 saturated heterocycles. The highest BCUT2D eigenvalue weighted by atomic mass is 19.1. The summed E-state index contributed by atoms with van der Waals surface area (Å²) in [5.74, 6) is 1.99. The Bertz CT molecular complexity index is 1150. The van der Waals surface area contributed by atoms with Crippen molar-refractivity contribution < 1.29 is 18.7 Å². The minimum absolute atomic E-state index is 0.0740. The molecule has 3 atom stereocenters. The molecule has 2 aliphatic heterocycles. The predicted octanol–water partition coefficient (Wildman–Crippen LogP) is 6.18. The van der Waals surface area contributed by atoms with Gasteiger partial charge in [-0.05, 0) is 84.7 Å². The Hall–Kier alpha value is -2.74. The molecule has 1 aliphatic carbocycles. The summed E-state index contributed by atoms with van der Waals surface area (Å²) in [4.78, 5) is 24.7. The number of halogens is 1. The highest BCUT2D eigenvalue weighted by Gasteiger charge is 2.40. The standard InChI is InChI=1S/C32H45FN4O3/c1-4-39-32(38)30(26-11-8-16-34-29(26)22-13-14-22)37-18-15-23(20-37)27(33)12-6-5-9-24-19-28(40-21(2)3)25-10-7-17-35-31(25)36-24/h8,11,16,19,21-23,27,30H,4-7,9-10,12-15,17-18,20H2,1-3H3,(H,35,36)/t23-,27?,30?/m1/s1. The second kappa shape index (κ2) is 13.3. The molecule has 0 amide bonds. The summed E-state index contributed by atoms with van der Waals surface area (Å²) in [5, 5.41) is 3.42. The predicted molar refractivity (Wildman–Crippen MR) is 155 cm³/mol. The van der Waals surface area contributed by atoms with Crippen LogP contribution >= 0.6 is 0 Å². The number of likely N-dealkylation sites (tertiary alicyclic amines) is 1. The number of alkyl halides is 1. The second-order valence-electron chi connectivity index (χ2n) is 11.8. The van der Waals surface area contributed by atoms with Gasteiger partial charge in [-0.15, -0.1) is 0 Å². The highest BCUT2D eigenvalue weighted by molar-refractivity contribution is 5.78. The molecule has 1 N–H and O–H groups in total. The third kappa shape index (κ3) is 6.93. The third-order valence-corrected chi connectivity index (χ3v) is 8.33. The van der Waals surface area contributed by atoms with Gasteiger partial charge < -0.3 is 14.8 Å². The van der Waals surface area contributed by atoms with Gasteiger partial charge in [0.25, 0.3) is 0 Å². The molecular weight excluding hydrogens is 507 g/mol. The van der Waals surface area contributed by atoms with Gasteiger partial charge in [0.15, 0.2) is 0 Å². The molecule has 0 radical (unpaired) electrons. The Balaban J connectivity index is 1.16. The zero-order chi connectivity index (χ0) is 28.1. The molecule has 218 valence electrons. The van der Waals surface area contributed by atoms with Gasteiger partial charge in [-0.3, -0.25) is 9.88 Å². The van der Waals surface area contributed by atoms with Crippen molar-refractivity contribution in [1.82, 2.24) is 14.9 Å². The highest BCUT2D eigenvalue weighted by Crippen LogP contribution is 2.43. The molecule has 40 heavy (non-hydrogen) atoms. The van der Waals surface area contributed by atoms with E-state index in [1.807, 2.05) is 32.9 Å². The summed E-state index contributed by atoms with van der Waals surface area (Å²) in [6, 6.07) is 5.47. The fourth-order valence-electron chi connectivity index (χ4n) is 6.22. The summed E-state index contributed by atoms with van der Waals surface area (Å²) in [6.45, 7) is 8.45. The first-order chi connectivity index (χ1) is 19.4. The topological polar surface area (TPSA) is 76.6 Å². The van der Waals surface area contributed by atoms with Crippen LogP contribution < -0.4 is 10.1 Å². The van der Waals surface area contributed by atoms with Crippen molar-refractivity contribution in [2.75, 3.05) is 31.6 Å². The van der Waals surface area contributed by atoms with Crippen LogP contribution in [0.4, 0.5) is 10.2 Å². The number of hydrogen-bond donors (Lipinski definition) is 1. The lowest BCUT2D eigenvalue weighted by molar-refractivity contribution is -0.149. The van der Waals surface area contributed by atoms with Crippen molar-refractivity contribution in [3.63, 3.8) is 0 Å². The van der Waals surface area contributed by atoms with E-state index in [0.717, 1.165) is 86.4 Å². The average molecular weight is 553 g/mol. The van der Waals surface area contributed by atoms with Gasteiger partial charge in [0, 0.05) is 59.7 Å². The quantitative estimate of drug-likeness (QED) is 0.235. The fourth-order valence-corrected chi connectivity index (χ4v) is 6.22. The lowest BCUT2D eigenvalue weighted by Crippen LogP contribution is -2.35. The summed E-state index contributed by atoms with van der Waals surface area (Å²) in [6.07, 6.45) is 9.10. The number of aromatic nitrogens is 2. The first kappa shape index (κ1) is 28.8. The Morgan fingerprint density at radius 3 is 2.88 bits per heavy atom. The van der Waals surface area contributed by atoms with Gasteiger partial charge >= 0.3 is 5.97 Å². The molecule has 0 aromatic carbocycles. The summed E-state index contributed by atoms with van der Waals surface area (Å²) in [5.41, 5.74) is 4.13. The molecule has 5 rings (SSSR count). The van der Waals surface area contributed by atoms with Crippen LogP contribution in [0.2, 0.25) is 0 Å². The van der Waals surface area contributed by atoms with Crippen LogP contribution in [0.1, 0.15) is 100 Å². The third-order valence-electron chi connectivity index (χ3n) is 8.33. The fraction of sp³-hybridized carbons (Fsp3) is 0.656. The number of esters is 1. The molecule has 0 bridgehead atoms. The van der Waals surface area contributed by atoms with E-state index in [4.69, 9.17) is 14.5 Å². The normalized spacial score (nSPS) is 20.6. The molecule has 0 spiro atoms. The molecule has 2 aromatic heterocycles. The van der Waals surface area contributed by atoms with Crippen LogP contribution in [-0.4, -0.2) is 59.4 Å². The molecule has 3 aliphatic rings. The lowest BCUT2D eigenvalue weighted by atomic mass is 9.97. The number of carbonyl (C=O) groups excluding carboxylic acids is 1. The van der Waals surface area contributed by atoms with Gasteiger partial charge in [-0.1, -0.05) is 12.5 Å². The van der Waals surface area contributed by atoms with E-state index < -0.39 is 12.2 Å². The van der Waals surface area contributed by atoms with Crippen LogP contribution in [0.15, 0.2) is 24.4 Å². The summed E-state index contributed by atoms with van der Waals surface area (Å²) in [7, 11) is 0. The van der Waals surface area contributed by atoms with Gasteiger partial charge in [0.05, 0.1) is 12.7 Å². The van der Waals surface area contributed by atoms with Gasteiger partial charge in [0.2, 0.25) is 0 Å². The van der Waals surface area contributed by atoms with E-state index in [1.54, 1.807) is 6.20 Å². The lowest BCUT2D eigenvalue weighted by Gasteiger charge is -2.28. The van der Waals surface area contributed by atoms with E-state index in [2.05, 4.69) is 21.3 Å². The number of nitrogens with one attached hydrogen (secondary N) is 1. The molecule has 2 aromatic rings. The van der Waals surface area contributed by atoms with Crippen molar-refractivity contribution in [3.8, 4) is 5.75 Å². The smallest absolute Gasteiger partial charge is 0.328 e. The maximum atomic E-state index is 15.5.